The van der Waals surface area contributed by atoms with Gasteiger partial charge in [-0.15, -0.1) is 0 Å². The molecular formula is C9H6ClNO. The van der Waals surface area contributed by atoms with Crippen LogP contribution in [0.3, 0.4) is 0 Å². The maximum atomic E-state index is 11.3. The summed E-state index contributed by atoms with van der Waals surface area (Å²) in [6, 6.07) is 7.21. The number of hydrogen-bond donors (Lipinski definition) is 1. The molecule has 2 aromatic rings. The smallest absolute Gasteiger partial charge is 0.257 e. The van der Waals surface area contributed by atoms with Gasteiger partial charge in [0, 0.05) is 6.20 Å². The molecule has 1 heterocycles. The lowest BCUT2D eigenvalue weighted by atomic mass is 10.2. The lowest BCUT2D eigenvalue weighted by Gasteiger charge is -1.96. The summed E-state index contributed by atoms with van der Waals surface area (Å²) < 4.78 is 0. The van der Waals surface area contributed by atoms with Crippen LogP contribution in [0.1, 0.15) is 0 Å². The van der Waals surface area contributed by atoms with E-state index in [1.54, 1.807) is 12.3 Å². The van der Waals surface area contributed by atoms with Crippen molar-refractivity contribution in [3.05, 3.63) is 45.8 Å². The van der Waals surface area contributed by atoms with Crippen LogP contribution in [-0.2, 0) is 0 Å². The Morgan fingerprint density at radius 1 is 1.25 bits per heavy atom. The molecule has 0 radical (unpaired) electrons. The molecule has 1 aromatic carbocycles. The summed E-state index contributed by atoms with van der Waals surface area (Å²) in [5, 5.41) is 1.92. The van der Waals surface area contributed by atoms with E-state index < -0.39 is 0 Å². The Kier molecular flexibility index (Phi) is 1.62. The molecule has 0 spiro atoms. The third-order valence-corrected chi connectivity index (χ3v) is 2.07. The average molecular weight is 180 g/mol. The molecule has 1 aromatic heterocycles. The first kappa shape index (κ1) is 7.37. The Bertz CT molecular complexity index is 470. The van der Waals surface area contributed by atoms with Crippen molar-refractivity contribution in [1.82, 2.24) is 4.98 Å². The monoisotopic (exact) mass is 179 g/mol. The summed E-state index contributed by atoms with van der Waals surface area (Å²) in [7, 11) is 0. The summed E-state index contributed by atoms with van der Waals surface area (Å²) >= 11 is 5.84. The molecule has 0 saturated heterocycles. The highest BCUT2D eigenvalue weighted by atomic mass is 35.5. The van der Waals surface area contributed by atoms with Crippen molar-refractivity contribution >= 4 is 22.4 Å². The van der Waals surface area contributed by atoms with E-state index in [4.69, 9.17) is 11.6 Å². The van der Waals surface area contributed by atoms with Crippen molar-refractivity contribution in [1.29, 1.82) is 0 Å². The van der Waals surface area contributed by atoms with Crippen LogP contribution in [0.2, 0.25) is 5.02 Å². The molecule has 0 saturated carbocycles. The number of nitrogens with one attached hydrogen (secondary N) is 1. The molecule has 1 N–H and O–H groups in total. The summed E-state index contributed by atoms with van der Waals surface area (Å²) in [5.74, 6) is 0. The first-order valence-electron chi connectivity index (χ1n) is 3.55. The molecule has 12 heavy (non-hydrogen) atoms. The normalized spacial score (nSPS) is 10.4. The Morgan fingerprint density at radius 3 is 2.83 bits per heavy atom. The van der Waals surface area contributed by atoms with Gasteiger partial charge in [0.05, 0.1) is 10.4 Å². The van der Waals surface area contributed by atoms with Gasteiger partial charge in [-0.3, -0.25) is 4.79 Å². The van der Waals surface area contributed by atoms with Gasteiger partial charge in [0.2, 0.25) is 0 Å². The van der Waals surface area contributed by atoms with Gasteiger partial charge in [-0.05, 0) is 17.5 Å². The predicted octanol–water partition coefficient (Wildman–Crippen LogP) is 2.18. The highest BCUT2D eigenvalue weighted by Crippen LogP contribution is 2.18. The Hall–Kier alpha value is -1.28. The molecule has 60 valence electrons. The second-order valence-electron chi connectivity index (χ2n) is 2.51. The molecule has 3 heteroatoms. The molecule has 0 aliphatic heterocycles. The fourth-order valence-corrected chi connectivity index (χ4v) is 1.47. The maximum Gasteiger partial charge on any atom is 0.257 e. The van der Waals surface area contributed by atoms with E-state index in [1.165, 1.54) is 0 Å². The minimum Gasteiger partial charge on any atom is -0.329 e. The van der Waals surface area contributed by atoms with Crippen molar-refractivity contribution in [3.8, 4) is 0 Å². The summed E-state index contributed by atoms with van der Waals surface area (Å²) in [5.41, 5.74) is -0.141. The lowest BCUT2D eigenvalue weighted by Crippen LogP contribution is -2.04. The number of hydrogen-bond acceptors (Lipinski definition) is 1. The van der Waals surface area contributed by atoms with E-state index in [0.717, 1.165) is 5.39 Å². The number of rotatable bonds is 0. The van der Waals surface area contributed by atoms with Crippen molar-refractivity contribution in [2.45, 2.75) is 0 Å². The van der Waals surface area contributed by atoms with Crippen LogP contribution in [-0.4, -0.2) is 4.98 Å². The highest BCUT2D eigenvalue weighted by Gasteiger charge is 2.00. The third kappa shape index (κ3) is 1.01. The van der Waals surface area contributed by atoms with Crippen LogP contribution in [0.15, 0.2) is 35.3 Å². The van der Waals surface area contributed by atoms with E-state index in [-0.39, 0.29) is 5.56 Å². The number of fused-ring (bicyclic) bond motifs is 1. The SMILES string of the molecule is O=c1[nH]ccc2cccc(Cl)c12. The van der Waals surface area contributed by atoms with Gasteiger partial charge in [-0.25, -0.2) is 0 Å². The van der Waals surface area contributed by atoms with Crippen molar-refractivity contribution in [3.63, 3.8) is 0 Å². The molecule has 2 nitrogen and oxygen atoms in total. The predicted molar refractivity (Wildman–Crippen MR) is 49.6 cm³/mol. The van der Waals surface area contributed by atoms with Gasteiger partial charge in [-0.1, -0.05) is 23.7 Å². The molecule has 0 fully saturated rings. The molecule has 0 amide bonds. The van der Waals surface area contributed by atoms with E-state index in [9.17, 15) is 4.79 Å². The minimum absolute atomic E-state index is 0.141. The molecule has 0 unspecified atom stereocenters. The van der Waals surface area contributed by atoms with E-state index >= 15 is 0 Å². The molecule has 0 atom stereocenters. The summed E-state index contributed by atoms with van der Waals surface area (Å²) in [6.07, 6.45) is 1.61. The number of benzene rings is 1. The standard InChI is InChI=1S/C9H6ClNO/c10-7-3-1-2-6-4-5-11-9(12)8(6)7/h1-5H,(H,11,12). The van der Waals surface area contributed by atoms with Crippen LogP contribution in [0, 0.1) is 0 Å². The summed E-state index contributed by atoms with van der Waals surface area (Å²) in [6.45, 7) is 0. The highest BCUT2D eigenvalue weighted by molar-refractivity contribution is 6.35. The summed E-state index contributed by atoms with van der Waals surface area (Å²) in [4.78, 5) is 13.8. The van der Waals surface area contributed by atoms with Gasteiger partial charge < -0.3 is 4.98 Å². The van der Waals surface area contributed by atoms with Gasteiger partial charge in [-0.2, -0.15) is 0 Å². The van der Waals surface area contributed by atoms with Gasteiger partial charge >= 0.3 is 0 Å². The van der Waals surface area contributed by atoms with Crippen molar-refractivity contribution < 1.29 is 0 Å². The first-order chi connectivity index (χ1) is 5.79. The van der Waals surface area contributed by atoms with Gasteiger partial charge in [0.1, 0.15) is 0 Å². The Morgan fingerprint density at radius 2 is 2.08 bits per heavy atom. The van der Waals surface area contributed by atoms with Crippen LogP contribution < -0.4 is 5.56 Å². The fourth-order valence-electron chi connectivity index (χ4n) is 1.20. The molecule has 2 rings (SSSR count). The van der Waals surface area contributed by atoms with Gasteiger partial charge in [0.15, 0.2) is 0 Å². The fraction of sp³-hybridized carbons (Fsp3) is 0. The number of aromatic amines is 1. The van der Waals surface area contributed by atoms with E-state index in [2.05, 4.69) is 4.98 Å². The Labute approximate surface area is 73.8 Å². The second kappa shape index (κ2) is 2.64. The molecular weight excluding hydrogens is 174 g/mol. The van der Waals surface area contributed by atoms with E-state index in [1.807, 2.05) is 18.2 Å². The van der Waals surface area contributed by atoms with Crippen LogP contribution in [0.4, 0.5) is 0 Å². The number of aromatic nitrogens is 1. The topological polar surface area (TPSA) is 32.9 Å². The van der Waals surface area contributed by atoms with Crippen LogP contribution in [0.25, 0.3) is 10.8 Å². The van der Waals surface area contributed by atoms with Crippen LogP contribution >= 0.6 is 11.6 Å². The maximum absolute atomic E-state index is 11.3. The lowest BCUT2D eigenvalue weighted by molar-refractivity contribution is 1.28. The zero-order valence-electron chi connectivity index (χ0n) is 6.17. The minimum atomic E-state index is -0.141. The van der Waals surface area contributed by atoms with E-state index in [0.29, 0.717) is 10.4 Å². The largest absolute Gasteiger partial charge is 0.329 e. The van der Waals surface area contributed by atoms with Gasteiger partial charge in [0.25, 0.3) is 5.56 Å². The zero-order chi connectivity index (χ0) is 8.55. The molecule has 0 aliphatic rings. The average Bonchev–Trinajstić information content (AvgIpc) is 2.04. The number of halogens is 1. The quantitative estimate of drug-likeness (QED) is 0.661. The first-order valence-corrected chi connectivity index (χ1v) is 3.93. The number of H-pyrrole nitrogens is 1. The third-order valence-electron chi connectivity index (χ3n) is 1.75. The van der Waals surface area contributed by atoms with Crippen molar-refractivity contribution in [2.75, 3.05) is 0 Å². The molecule has 0 bridgehead atoms. The Balaban J connectivity index is 3.07. The van der Waals surface area contributed by atoms with Crippen molar-refractivity contribution in [2.24, 2.45) is 0 Å². The number of pyridine rings is 1. The van der Waals surface area contributed by atoms with Crippen LogP contribution in [0.5, 0.6) is 0 Å². The second-order valence-corrected chi connectivity index (χ2v) is 2.92. The molecule has 0 aliphatic carbocycles. The zero-order valence-corrected chi connectivity index (χ0v) is 6.93.